The third kappa shape index (κ3) is 5.07. The van der Waals surface area contributed by atoms with Gasteiger partial charge in [0.15, 0.2) is 13.2 Å². The Hall–Kier alpha value is -5.10. The maximum absolute atomic E-state index is 12.5. The highest BCUT2D eigenvalue weighted by molar-refractivity contribution is 6.16. The maximum atomic E-state index is 12.5. The van der Waals surface area contributed by atoms with E-state index >= 15 is 0 Å². The van der Waals surface area contributed by atoms with Gasteiger partial charge in [0.2, 0.25) is 0 Å². The Labute approximate surface area is 243 Å². The van der Waals surface area contributed by atoms with Crippen LogP contribution in [0.3, 0.4) is 0 Å². The lowest BCUT2D eigenvalue weighted by Crippen LogP contribution is -2.16. The minimum atomic E-state index is -0.455. The fourth-order valence-electron chi connectivity index (χ4n) is 5.52. The fourth-order valence-corrected chi connectivity index (χ4v) is 5.52. The Morgan fingerprint density at radius 2 is 0.881 bits per heavy atom. The molecule has 0 radical (unpaired) electrons. The molecule has 0 aromatic heterocycles. The monoisotopic (exact) mass is 558 g/mol. The third-order valence-electron chi connectivity index (χ3n) is 7.29. The number of carbonyl (C=O) groups excluding carboxylic acids is 2. The van der Waals surface area contributed by atoms with E-state index < -0.39 is 11.9 Å². The molecule has 0 saturated heterocycles. The molecule has 0 heterocycles. The van der Waals surface area contributed by atoms with Crippen LogP contribution < -0.4 is 9.47 Å². The van der Waals surface area contributed by atoms with Crippen LogP contribution in [-0.4, -0.2) is 38.4 Å². The number of hydrogen-bond donors (Lipinski definition) is 0. The van der Waals surface area contributed by atoms with Crippen molar-refractivity contribution in [2.75, 3.05) is 26.4 Å². The van der Waals surface area contributed by atoms with Crippen molar-refractivity contribution in [1.29, 1.82) is 0 Å². The number of ether oxygens (including phenoxy) is 4. The zero-order chi connectivity index (χ0) is 29.1. The minimum Gasteiger partial charge on any atom is -0.481 e. The third-order valence-corrected chi connectivity index (χ3v) is 7.29. The topological polar surface area (TPSA) is 71.1 Å². The van der Waals surface area contributed by atoms with E-state index in [0.29, 0.717) is 11.5 Å². The largest absolute Gasteiger partial charge is 0.481 e. The summed E-state index contributed by atoms with van der Waals surface area (Å²) in [6.45, 7) is 3.55. The van der Waals surface area contributed by atoms with Gasteiger partial charge in [-0.05, 0) is 58.3 Å². The van der Waals surface area contributed by atoms with Gasteiger partial charge >= 0.3 is 11.9 Å². The lowest BCUT2D eigenvalue weighted by Gasteiger charge is -2.20. The van der Waals surface area contributed by atoms with Crippen LogP contribution in [0.1, 0.15) is 13.8 Å². The van der Waals surface area contributed by atoms with E-state index in [2.05, 4.69) is 12.1 Å². The molecule has 6 rings (SSSR count). The van der Waals surface area contributed by atoms with Crippen LogP contribution >= 0.6 is 0 Å². The summed E-state index contributed by atoms with van der Waals surface area (Å²) in [5.41, 5.74) is 1.47. The van der Waals surface area contributed by atoms with E-state index in [-0.39, 0.29) is 26.4 Å². The molecule has 0 saturated carbocycles. The van der Waals surface area contributed by atoms with Crippen molar-refractivity contribution in [3.8, 4) is 22.6 Å². The molecule has 6 aromatic carbocycles. The molecule has 0 unspecified atom stereocenters. The van der Waals surface area contributed by atoms with Crippen LogP contribution in [0.2, 0.25) is 0 Å². The van der Waals surface area contributed by atoms with Gasteiger partial charge in [-0.1, -0.05) is 84.9 Å². The first kappa shape index (κ1) is 27.1. The number of hydrogen-bond acceptors (Lipinski definition) is 6. The second kappa shape index (κ2) is 11.8. The van der Waals surface area contributed by atoms with Crippen LogP contribution in [0.5, 0.6) is 11.5 Å². The molecule has 6 heteroatoms. The molecule has 6 aromatic rings. The van der Waals surface area contributed by atoms with Crippen LogP contribution in [0.25, 0.3) is 54.2 Å². The molecule has 0 aliphatic heterocycles. The standard InChI is InChI=1S/C36H30O6/c1-3-39-31(37)21-41-35-29(19-17-25-15-13-23-9-5-7-11-27(23)33(25)35)30-20-18-26-16-14-24-10-6-8-12-28(24)34(26)36(30)42-22-32(38)40-4-2/h5-20H,3-4,21-22H2,1-2H3. The van der Waals surface area contributed by atoms with Crippen molar-refractivity contribution in [3.63, 3.8) is 0 Å². The summed E-state index contributed by atoms with van der Waals surface area (Å²) in [6, 6.07) is 32.4. The second-order valence-electron chi connectivity index (χ2n) is 9.84. The summed E-state index contributed by atoms with van der Waals surface area (Å²) in [6.07, 6.45) is 0. The highest BCUT2D eigenvalue weighted by atomic mass is 16.6. The number of benzene rings is 6. The number of carbonyl (C=O) groups is 2. The van der Waals surface area contributed by atoms with E-state index in [1.807, 2.05) is 84.9 Å². The molecule has 0 aliphatic rings. The van der Waals surface area contributed by atoms with Crippen molar-refractivity contribution < 1.29 is 28.5 Å². The Kier molecular flexibility index (Phi) is 7.60. The van der Waals surface area contributed by atoms with Crippen molar-refractivity contribution in [1.82, 2.24) is 0 Å². The molecule has 210 valence electrons. The van der Waals surface area contributed by atoms with E-state index in [0.717, 1.165) is 54.2 Å². The molecular formula is C36H30O6. The predicted molar refractivity (Wildman–Crippen MR) is 166 cm³/mol. The average molecular weight is 559 g/mol. The van der Waals surface area contributed by atoms with Gasteiger partial charge in [-0.25, -0.2) is 9.59 Å². The first-order valence-corrected chi connectivity index (χ1v) is 14.0. The van der Waals surface area contributed by atoms with Crippen LogP contribution in [0, 0.1) is 0 Å². The summed E-state index contributed by atoms with van der Waals surface area (Å²) < 4.78 is 23.0. The van der Waals surface area contributed by atoms with E-state index in [1.165, 1.54) is 0 Å². The second-order valence-corrected chi connectivity index (χ2v) is 9.84. The van der Waals surface area contributed by atoms with Gasteiger partial charge in [0.1, 0.15) is 11.5 Å². The molecule has 6 nitrogen and oxygen atoms in total. The molecule has 0 amide bonds. The van der Waals surface area contributed by atoms with E-state index in [9.17, 15) is 9.59 Å². The summed E-state index contributed by atoms with van der Waals surface area (Å²) >= 11 is 0. The quantitative estimate of drug-likeness (QED) is 0.133. The van der Waals surface area contributed by atoms with Crippen LogP contribution in [0.4, 0.5) is 0 Å². The lowest BCUT2D eigenvalue weighted by atomic mass is 9.92. The van der Waals surface area contributed by atoms with Crippen molar-refractivity contribution in [2.24, 2.45) is 0 Å². The minimum absolute atomic E-state index is 0.251. The Bertz CT molecular complexity index is 1820. The maximum Gasteiger partial charge on any atom is 0.344 e. The smallest absolute Gasteiger partial charge is 0.344 e. The normalized spacial score (nSPS) is 11.2. The van der Waals surface area contributed by atoms with Gasteiger partial charge in [-0.15, -0.1) is 0 Å². The molecule has 0 aliphatic carbocycles. The van der Waals surface area contributed by atoms with Crippen molar-refractivity contribution in [2.45, 2.75) is 13.8 Å². The van der Waals surface area contributed by atoms with Gasteiger partial charge in [-0.3, -0.25) is 0 Å². The van der Waals surface area contributed by atoms with Gasteiger partial charge in [0, 0.05) is 21.9 Å². The molecule has 0 atom stereocenters. The van der Waals surface area contributed by atoms with E-state index in [1.54, 1.807) is 13.8 Å². The molecule has 0 bridgehead atoms. The summed E-state index contributed by atoms with van der Waals surface area (Å²) in [7, 11) is 0. The van der Waals surface area contributed by atoms with Crippen molar-refractivity contribution in [3.05, 3.63) is 97.1 Å². The highest BCUT2D eigenvalue weighted by Crippen LogP contribution is 2.47. The molecule has 42 heavy (non-hydrogen) atoms. The zero-order valence-corrected chi connectivity index (χ0v) is 23.5. The Morgan fingerprint density at radius 1 is 0.500 bits per heavy atom. The lowest BCUT2D eigenvalue weighted by molar-refractivity contribution is -0.146. The molecule has 0 fully saturated rings. The number of rotatable bonds is 9. The van der Waals surface area contributed by atoms with Crippen LogP contribution in [0.15, 0.2) is 97.1 Å². The van der Waals surface area contributed by atoms with Gasteiger partial charge in [-0.2, -0.15) is 0 Å². The predicted octanol–water partition coefficient (Wildman–Crippen LogP) is 7.85. The SMILES string of the molecule is CCOC(=O)COc1c(-c2ccc3ccc4ccccc4c3c2OCC(=O)OCC)ccc2ccc3ccccc3c12. The average Bonchev–Trinajstić information content (AvgIpc) is 3.02. The Morgan fingerprint density at radius 3 is 1.31 bits per heavy atom. The van der Waals surface area contributed by atoms with E-state index in [4.69, 9.17) is 18.9 Å². The van der Waals surface area contributed by atoms with Crippen LogP contribution in [-0.2, 0) is 19.1 Å². The number of fused-ring (bicyclic) bond motifs is 6. The summed E-state index contributed by atoms with van der Waals surface area (Å²) in [5.74, 6) is 0.170. The Balaban J connectivity index is 1.65. The van der Waals surface area contributed by atoms with Gasteiger partial charge < -0.3 is 18.9 Å². The first-order valence-electron chi connectivity index (χ1n) is 14.0. The zero-order valence-electron chi connectivity index (χ0n) is 23.5. The molecule has 0 spiro atoms. The fraction of sp³-hybridized carbons (Fsp3) is 0.167. The first-order chi connectivity index (χ1) is 20.6. The van der Waals surface area contributed by atoms with Gasteiger partial charge in [0.25, 0.3) is 0 Å². The molecule has 0 N–H and O–H groups in total. The number of esters is 2. The van der Waals surface area contributed by atoms with Gasteiger partial charge in [0.05, 0.1) is 13.2 Å². The summed E-state index contributed by atoms with van der Waals surface area (Å²) in [5, 5.41) is 7.78. The highest BCUT2D eigenvalue weighted by Gasteiger charge is 2.21. The molecular weight excluding hydrogens is 528 g/mol. The summed E-state index contributed by atoms with van der Waals surface area (Å²) in [4.78, 5) is 24.9. The van der Waals surface area contributed by atoms with Crippen molar-refractivity contribution >= 4 is 55.0 Å².